The van der Waals surface area contributed by atoms with Crippen LogP contribution in [0.2, 0.25) is 0 Å². The number of rotatable bonds is 4. The van der Waals surface area contributed by atoms with Crippen molar-refractivity contribution < 1.29 is 87.9 Å². The van der Waals surface area contributed by atoms with E-state index >= 15 is 0 Å². The maximum Gasteiger partial charge on any atom is 1.00 e. The molecule has 0 spiro atoms. The number of nitrogens with one attached hydrogen (secondary N) is 1. The van der Waals surface area contributed by atoms with Gasteiger partial charge in [0.1, 0.15) is 0 Å². The molecule has 3 N–H and O–H groups in total. The summed E-state index contributed by atoms with van der Waals surface area (Å²) in [5, 5.41) is 2.69. The van der Waals surface area contributed by atoms with Crippen LogP contribution in [0.3, 0.4) is 0 Å². The van der Waals surface area contributed by atoms with E-state index in [1.165, 1.54) is 18.5 Å². The molecule has 0 saturated heterocycles. The average molecular weight is 445 g/mol. The van der Waals surface area contributed by atoms with E-state index in [0.29, 0.717) is 17.3 Å². The summed E-state index contributed by atoms with van der Waals surface area (Å²) in [7, 11) is -9.57. The van der Waals surface area contributed by atoms with Crippen LogP contribution >= 0.6 is 0 Å². The van der Waals surface area contributed by atoms with Gasteiger partial charge in [0.15, 0.2) is 0 Å². The Morgan fingerprint density at radius 3 is 1.86 bits per heavy atom. The van der Waals surface area contributed by atoms with Gasteiger partial charge in [-0.1, -0.05) is 0 Å². The summed E-state index contributed by atoms with van der Waals surface area (Å²) in [5.41, 5.74) is 0.142. The second-order valence-electron chi connectivity index (χ2n) is 5.19. The molecule has 14 heteroatoms. The van der Waals surface area contributed by atoms with Gasteiger partial charge in [-0.25, -0.2) is 4.68 Å². The van der Waals surface area contributed by atoms with Crippen LogP contribution in [0, 0.1) is 0 Å². The Labute approximate surface area is 207 Å². The van der Waals surface area contributed by atoms with Crippen LogP contribution in [-0.2, 0) is 20.2 Å². The number of H-pyrrole nitrogens is 1. The van der Waals surface area contributed by atoms with Gasteiger partial charge >= 0.3 is 59.1 Å². The summed E-state index contributed by atoms with van der Waals surface area (Å²) in [6.45, 7) is 0. The predicted octanol–water partition coefficient (Wildman–Crippen LogP) is -5.05. The first kappa shape index (κ1) is 25.2. The fourth-order valence-corrected chi connectivity index (χ4v) is 3.42. The minimum atomic E-state index is -4.79. The van der Waals surface area contributed by atoms with Crippen molar-refractivity contribution in [2.45, 2.75) is 9.79 Å². The zero-order valence-corrected chi connectivity index (χ0v) is 20.4. The van der Waals surface area contributed by atoms with Crippen molar-refractivity contribution >= 4 is 20.2 Å². The van der Waals surface area contributed by atoms with E-state index in [1.54, 1.807) is 12.1 Å². The van der Waals surface area contributed by atoms with E-state index in [-0.39, 0.29) is 67.7 Å². The van der Waals surface area contributed by atoms with Gasteiger partial charge in [0.2, 0.25) is 0 Å². The van der Waals surface area contributed by atoms with Crippen molar-refractivity contribution in [3.05, 3.63) is 59.1 Å². The van der Waals surface area contributed by atoms with Crippen LogP contribution in [0.15, 0.2) is 63.4 Å². The topological polar surface area (TPSA) is 159 Å². The summed E-state index contributed by atoms with van der Waals surface area (Å²) in [6.07, 6.45) is 3.00. The molecule has 0 aliphatic carbocycles. The van der Waals surface area contributed by atoms with Gasteiger partial charge < -0.3 is 2.85 Å². The van der Waals surface area contributed by atoms with Crippen molar-refractivity contribution in [2.75, 3.05) is 0 Å². The first-order chi connectivity index (χ1) is 12.1. The third-order valence-corrected chi connectivity index (χ3v) is 5.09. The minimum Gasteiger partial charge on any atom is -1.00 e. The predicted molar refractivity (Wildman–Crippen MR) is 91.5 cm³/mol. The van der Waals surface area contributed by atoms with E-state index in [1.807, 2.05) is 0 Å². The van der Waals surface area contributed by atoms with Crippen LogP contribution in [0.4, 0.5) is 0 Å². The van der Waals surface area contributed by atoms with Gasteiger partial charge in [0.25, 0.3) is 25.8 Å². The molecule has 0 radical (unpaired) electrons. The molecule has 2 aromatic heterocycles. The average Bonchev–Trinajstić information content (AvgIpc) is 2.95. The number of hydrogen-bond donors (Lipinski definition) is 3. The number of aromatic nitrogens is 3. The largest absolute Gasteiger partial charge is 1.00 e. The maximum absolute atomic E-state index is 12.2. The van der Waals surface area contributed by atoms with Crippen molar-refractivity contribution in [2.24, 2.45) is 0 Å². The van der Waals surface area contributed by atoms with E-state index < -0.39 is 35.6 Å². The van der Waals surface area contributed by atoms with Crippen molar-refractivity contribution in [3.8, 4) is 16.9 Å². The van der Waals surface area contributed by atoms with Gasteiger partial charge in [-0.15, -0.1) is 0 Å². The molecule has 0 atom stereocenters. The van der Waals surface area contributed by atoms with E-state index in [9.17, 15) is 30.7 Å². The Hall–Kier alpha value is -0.800. The quantitative estimate of drug-likeness (QED) is 0.266. The summed E-state index contributed by atoms with van der Waals surface area (Å²) in [6, 6.07) is 6.80. The second kappa shape index (κ2) is 9.34. The smallest absolute Gasteiger partial charge is 1.00 e. The molecule has 2 heterocycles. The fraction of sp³-hybridized carbons (Fsp3) is 0. The summed E-state index contributed by atoms with van der Waals surface area (Å²) >= 11 is 0. The third kappa shape index (κ3) is 5.63. The van der Waals surface area contributed by atoms with Crippen LogP contribution in [0.5, 0.6) is 0 Å². The first-order valence-corrected chi connectivity index (χ1v) is 9.76. The van der Waals surface area contributed by atoms with Crippen LogP contribution in [0.1, 0.15) is 2.85 Å². The first-order valence-electron chi connectivity index (χ1n) is 6.88. The second-order valence-corrected chi connectivity index (χ2v) is 8.04. The number of aromatic amines is 1. The molecule has 0 aliphatic rings. The Morgan fingerprint density at radius 1 is 0.893 bits per heavy atom. The van der Waals surface area contributed by atoms with E-state index in [0.717, 1.165) is 16.8 Å². The molecular weight excluding hydrogens is 432 g/mol. The van der Waals surface area contributed by atoms with Gasteiger partial charge in [-0.3, -0.25) is 24.0 Å². The van der Waals surface area contributed by atoms with Gasteiger partial charge in [0, 0.05) is 24.0 Å². The van der Waals surface area contributed by atoms with Gasteiger partial charge in [-0.2, -0.15) is 16.8 Å². The zero-order chi connectivity index (χ0) is 19.1. The number of pyridine rings is 1. The molecule has 1 aromatic carbocycles. The monoisotopic (exact) mass is 445 g/mol. The SMILES string of the molecule is O=c1cc(-c2ccncc2)[nH]n1-c1cc(S(=O)(=O)O)cc(S(=O)(=O)O)c1.[H-].[H-].[Na+].[Na+]. The van der Waals surface area contributed by atoms with E-state index in [4.69, 9.17) is 0 Å². The van der Waals surface area contributed by atoms with Crippen molar-refractivity contribution in [1.82, 2.24) is 14.8 Å². The fourth-order valence-electron chi connectivity index (χ4n) is 2.25. The summed E-state index contributed by atoms with van der Waals surface area (Å²) < 4.78 is 64.8. The number of benzene rings is 1. The molecule has 0 unspecified atom stereocenters. The van der Waals surface area contributed by atoms with Gasteiger partial charge in [-0.05, 0) is 30.3 Å². The standard InChI is InChI=1S/C14H11N3O7S2.2Na.2H/c18-14-8-13(9-1-3-15-4-2-9)16-17(14)10-5-11(25(19,20)21)7-12(6-10)26(22,23)24;;;;/h1-8,16H,(H,19,20,21)(H,22,23,24);;;;/q;2*+1;2*-1. The molecule has 28 heavy (non-hydrogen) atoms. The molecule has 0 aliphatic heterocycles. The molecule has 0 fully saturated rings. The molecule has 3 aromatic rings. The molecule has 3 rings (SSSR count). The summed E-state index contributed by atoms with van der Waals surface area (Å²) in [4.78, 5) is 14.5. The molecule has 10 nitrogen and oxygen atoms in total. The van der Waals surface area contributed by atoms with Gasteiger partial charge in [0.05, 0.1) is 21.2 Å². The zero-order valence-electron chi connectivity index (χ0n) is 16.8. The molecule has 140 valence electrons. The number of hydrogen-bond acceptors (Lipinski definition) is 6. The summed E-state index contributed by atoms with van der Waals surface area (Å²) in [5.74, 6) is 0. The maximum atomic E-state index is 12.2. The minimum absolute atomic E-state index is 0. The molecule has 0 bridgehead atoms. The van der Waals surface area contributed by atoms with Crippen LogP contribution in [0.25, 0.3) is 16.9 Å². The van der Waals surface area contributed by atoms with Crippen molar-refractivity contribution in [3.63, 3.8) is 0 Å². The van der Waals surface area contributed by atoms with Crippen LogP contribution in [-0.4, -0.2) is 40.7 Å². The molecular formula is C14H13N3Na2O7S2. The van der Waals surface area contributed by atoms with Crippen LogP contribution < -0.4 is 64.7 Å². The Kier molecular flexibility index (Phi) is 8.42. The molecule has 0 saturated carbocycles. The third-order valence-electron chi connectivity index (χ3n) is 3.43. The Morgan fingerprint density at radius 2 is 1.39 bits per heavy atom. The van der Waals surface area contributed by atoms with E-state index in [2.05, 4.69) is 10.1 Å². The number of nitrogens with zero attached hydrogens (tertiary/aromatic N) is 2. The Bertz CT molecular complexity index is 1210. The molecule has 0 amide bonds. The normalized spacial score (nSPS) is 11.4. The van der Waals surface area contributed by atoms with Crippen molar-refractivity contribution in [1.29, 1.82) is 0 Å². The Balaban J connectivity index is 0.